The number of β-amino-alcohol motifs (C(OH)–C–C–N with tert-alkyl or cyclic N) is 1. The summed E-state index contributed by atoms with van der Waals surface area (Å²) in [5.74, 6) is -0.162. The highest BCUT2D eigenvalue weighted by molar-refractivity contribution is 7.13. The van der Waals surface area contributed by atoms with Crippen molar-refractivity contribution in [3.63, 3.8) is 0 Å². The summed E-state index contributed by atoms with van der Waals surface area (Å²) in [6.45, 7) is 13.9. The third-order valence-electron chi connectivity index (χ3n) is 13.0. The largest absolute Gasteiger partial charge is 0.481 e. The van der Waals surface area contributed by atoms with Gasteiger partial charge in [0, 0.05) is 69.2 Å². The van der Waals surface area contributed by atoms with Gasteiger partial charge in [0.05, 0.1) is 60.0 Å². The molecule has 2 fully saturated rings. The first-order valence-electron chi connectivity index (χ1n) is 24.8. The van der Waals surface area contributed by atoms with Gasteiger partial charge < -0.3 is 49.5 Å². The second kappa shape index (κ2) is 22.4. The van der Waals surface area contributed by atoms with Crippen molar-refractivity contribution < 1.29 is 43.3 Å². The van der Waals surface area contributed by atoms with Crippen LogP contribution in [-0.4, -0.2) is 157 Å². The van der Waals surface area contributed by atoms with Crippen LogP contribution in [0.15, 0.2) is 79.0 Å². The van der Waals surface area contributed by atoms with Crippen molar-refractivity contribution in [2.75, 3.05) is 74.1 Å². The van der Waals surface area contributed by atoms with Gasteiger partial charge in [-0.3, -0.25) is 29.0 Å². The monoisotopic (exact) mass is 1040 g/mol. The zero-order valence-electron chi connectivity index (χ0n) is 42.7. The van der Waals surface area contributed by atoms with Gasteiger partial charge >= 0.3 is 6.09 Å². The van der Waals surface area contributed by atoms with Crippen molar-refractivity contribution >= 4 is 64.2 Å². The first-order chi connectivity index (χ1) is 35.9. The Bertz CT molecular complexity index is 3040. The summed E-state index contributed by atoms with van der Waals surface area (Å²) in [5, 5.41) is 19.3. The number of carbonyl (C=O) groups excluding carboxylic acids is 5. The molecule has 0 unspecified atom stereocenters. The Hall–Kier alpha value is -7.76. The zero-order chi connectivity index (χ0) is 53.0. The number of fused-ring (bicyclic) bond motifs is 2. The van der Waals surface area contributed by atoms with E-state index in [-0.39, 0.29) is 43.8 Å². The first-order valence-corrected chi connectivity index (χ1v) is 25.7. The lowest BCUT2D eigenvalue weighted by molar-refractivity contribution is -0.144. The van der Waals surface area contributed by atoms with E-state index in [2.05, 4.69) is 40.9 Å². The van der Waals surface area contributed by atoms with E-state index in [9.17, 15) is 29.1 Å². The number of aromatic nitrogens is 6. The molecule has 6 aromatic rings. The average Bonchev–Trinajstić information content (AvgIpc) is 4.13. The summed E-state index contributed by atoms with van der Waals surface area (Å²) in [5.41, 5.74) is 6.66. The number of anilines is 3. The number of carbonyl (C=O) groups is 5. The number of piperazine rings is 1. The van der Waals surface area contributed by atoms with Gasteiger partial charge in [-0.2, -0.15) is 0 Å². The first kappa shape index (κ1) is 52.1. The molecule has 0 spiro atoms. The predicted octanol–water partition coefficient (Wildman–Crippen LogP) is 4.31. The summed E-state index contributed by atoms with van der Waals surface area (Å²) < 4.78 is 18.7. The van der Waals surface area contributed by atoms with Crippen LogP contribution in [0.2, 0.25) is 0 Å². The number of aliphatic hydroxyl groups is 1. The van der Waals surface area contributed by atoms with Crippen molar-refractivity contribution in [1.29, 1.82) is 0 Å². The molecule has 2 saturated heterocycles. The Morgan fingerprint density at radius 1 is 0.893 bits per heavy atom. The molecule has 5 aromatic heterocycles. The Morgan fingerprint density at radius 2 is 1.64 bits per heavy atom. The SMILES string of the molecule is Cc1ncsc1-c1ccc(CNC(=O)[C@@H]2C[C@@H](O)CN2C(=O)[C@@H](NC(=O)COc2cnc(N3CCN(CC(=O)Nc4cn5cc(-c6cnc7c(c6)N(C(=O)OC(C)C)CCO7)ccc5n4)CC3)nc2)C(C)(C)C)cc1. The highest BCUT2D eigenvalue weighted by atomic mass is 32.1. The van der Waals surface area contributed by atoms with Gasteiger partial charge in [-0.1, -0.05) is 45.0 Å². The molecule has 75 heavy (non-hydrogen) atoms. The number of nitrogens with one attached hydrogen (secondary N) is 3. The third kappa shape index (κ3) is 12.4. The molecule has 0 aliphatic carbocycles. The van der Waals surface area contributed by atoms with Crippen LogP contribution in [0.4, 0.5) is 22.2 Å². The van der Waals surface area contributed by atoms with Crippen LogP contribution in [0.25, 0.3) is 27.2 Å². The second-order valence-electron chi connectivity index (χ2n) is 20.1. The molecule has 0 radical (unpaired) electrons. The van der Waals surface area contributed by atoms with Crippen LogP contribution in [0.3, 0.4) is 0 Å². The van der Waals surface area contributed by atoms with Crippen molar-refractivity contribution in [3.8, 4) is 33.2 Å². The molecule has 8 heterocycles. The molecule has 0 bridgehead atoms. The number of nitrogens with zero attached hydrogens (tertiary/aromatic N) is 10. The van der Waals surface area contributed by atoms with Crippen molar-refractivity contribution in [3.05, 3.63) is 90.2 Å². The van der Waals surface area contributed by atoms with E-state index in [0.29, 0.717) is 68.3 Å². The third-order valence-corrected chi connectivity index (χ3v) is 14.0. The molecule has 23 heteroatoms. The van der Waals surface area contributed by atoms with E-state index < -0.39 is 54.0 Å². The number of rotatable bonds is 15. The minimum atomic E-state index is -1.03. The topological polar surface area (TPSA) is 251 Å². The molecule has 3 aliphatic heterocycles. The minimum absolute atomic E-state index is 0.0470. The number of amides is 5. The lowest BCUT2D eigenvalue weighted by atomic mass is 9.85. The number of aryl methyl sites for hydroxylation is 1. The molecule has 9 rings (SSSR count). The number of benzene rings is 1. The number of ether oxygens (including phenoxy) is 3. The van der Waals surface area contributed by atoms with E-state index in [1.165, 1.54) is 22.2 Å². The van der Waals surface area contributed by atoms with Crippen LogP contribution in [-0.2, 0) is 30.5 Å². The fourth-order valence-corrected chi connectivity index (χ4v) is 9.92. The quantitative estimate of drug-likeness (QED) is 0.112. The number of hydrogen-bond acceptors (Lipinski definition) is 17. The lowest BCUT2D eigenvalue weighted by Gasteiger charge is -2.35. The maximum atomic E-state index is 14.1. The number of thiazole rings is 1. The van der Waals surface area contributed by atoms with E-state index in [1.54, 1.807) is 43.1 Å². The molecule has 394 valence electrons. The maximum absolute atomic E-state index is 14.1. The predicted molar refractivity (Wildman–Crippen MR) is 279 cm³/mol. The van der Waals surface area contributed by atoms with Gasteiger partial charge in [-0.15, -0.1) is 11.3 Å². The van der Waals surface area contributed by atoms with Crippen LogP contribution in [0, 0.1) is 12.3 Å². The van der Waals surface area contributed by atoms with Gasteiger partial charge in [-0.05, 0) is 55.5 Å². The summed E-state index contributed by atoms with van der Waals surface area (Å²) in [4.78, 5) is 97.2. The van der Waals surface area contributed by atoms with Crippen molar-refractivity contribution in [2.24, 2.45) is 5.41 Å². The molecular weight excluding hydrogens is 983 g/mol. The smallest absolute Gasteiger partial charge is 0.414 e. The van der Waals surface area contributed by atoms with Gasteiger partial charge in [0.2, 0.25) is 29.5 Å². The fraction of sp³-hybridized carbons (Fsp3) is 0.423. The number of hydrogen-bond donors (Lipinski definition) is 4. The highest BCUT2D eigenvalue weighted by Gasteiger charge is 2.44. The zero-order valence-corrected chi connectivity index (χ0v) is 43.5. The number of aliphatic hydroxyl groups excluding tert-OH is 1. The molecule has 0 saturated carbocycles. The number of likely N-dealkylation sites (tertiary alicyclic amines) is 1. The second-order valence-corrected chi connectivity index (χ2v) is 20.9. The molecular formula is C52H61N13O9S. The van der Waals surface area contributed by atoms with Crippen LogP contribution < -0.4 is 35.2 Å². The standard InChI is InChI=1S/C52H61N13O9S/c1-31(2)74-51(71)64-17-18-72-48-40(64)19-36(22-54-48)35-11-12-42-58-41(27-63(42)25-35)59-43(67)28-61-13-15-62(16-14-61)50-55-23-38(24-56-50)73-29-44(68)60-46(52(4,5)6)49(70)65-26-37(66)20-39(65)47(69)53-21-33-7-9-34(10-8-33)45-32(3)57-30-75-45/h7-12,19,22-25,27,30-31,37,39,46,66H,13-18,20-21,26,28-29H2,1-6H3,(H,53,69)(H,59,67)(H,60,68)/t37-,39+,46-/m1/s1. The highest BCUT2D eigenvalue weighted by Crippen LogP contribution is 2.35. The molecule has 22 nitrogen and oxygen atoms in total. The molecule has 3 atom stereocenters. The summed E-state index contributed by atoms with van der Waals surface area (Å²) in [6.07, 6.45) is 6.69. The molecule has 5 amide bonds. The number of pyridine rings is 2. The van der Waals surface area contributed by atoms with E-state index >= 15 is 0 Å². The van der Waals surface area contributed by atoms with Gasteiger partial charge in [-0.25, -0.2) is 29.7 Å². The Labute approximate surface area is 437 Å². The van der Waals surface area contributed by atoms with E-state index in [0.717, 1.165) is 32.8 Å². The van der Waals surface area contributed by atoms with Crippen LogP contribution in [0.1, 0.15) is 52.3 Å². The maximum Gasteiger partial charge on any atom is 0.414 e. The number of imidazole rings is 1. The Balaban J connectivity index is 0.720. The van der Waals surface area contributed by atoms with Gasteiger partial charge in [0.15, 0.2) is 18.2 Å². The molecule has 4 N–H and O–H groups in total. The van der Waals surface area contributed by atoms with Crippen LogP contribution in [0.5, 0.6) is 11.6 Å². The average molecular weight is 1040 g/mol. The van der Waals surface area contributed by atoms with E-state index in [4.69, 9.17) is 14.2 Å². The lowest BCUT2D eigenvalue weighted by Crippen LogP contribution is -2.58. The summed E-state index contributed by atoms with van der Waals surface area (Å²) in [6, 6.07) is 11.5. The van der Waals surface area contributed by atoms with Gasteiger partial charge in [0.25, 0.3) is 5.91 Å². The fourth-order valence-electron chi connectivity index (χ4n) is 9.11. The Kier molecular flexibility index (Phi) is 15.6. The normalized spacial score (nSPS) is 17.3. The Morgan fingerprint density at radius 3 is 2.35 bits per heavy atom. The van der Waals surface area contributed by atoms with Gasteiger partial charge in [0.1, 0.15) is 30.0 Å². The summed E-state index contributed by atoms with van der Waals surface area (Å²) in [7, 11) is 0. The van der Waals surface area contributed by atoms with Crippen LogP contribution >= 0.6 is 11.3 Å². The van der Waals surface area contributed by atoms with E-state index in [1.807, 2.05) is 90.6 Å². The summed E-state index contributed by atoms with van der Waals surface area (Å²) >= 11 is 1.56. The molecule has 3 aliphatic rings. The minimum Gasteiger partial charge on any atom is -0.481 e. The van der Waals surface area contributed by atoms with Crippen molar-refractivity contribution in [2.45, 2.75) is 78.8 Å². The van der Waals surface area contributed by atoms with Crippen molar-refractivity contribution in [1.82, 2.24) is 49.8 Å². The molecule has 1 aromatic carbocycles.